The Morgan fingerprint density at radius 3 is 2.29 bits per heavy atom. The van der Waals surface area contributed by atoms with E-state index in [9.17, 15) is 15.0 Å². The molecule has 0 heterocycles. The van der Waals surface area contributed by atoms with Crippen LogP contribution in [-0.4, -0.2) is 16.2 Å². The summed E-state index contributed by atoms with van der Waals surface area (Å²) in [5.41, 5.74) is 2.67. The molecule has 0 saturated heterocycles. The molecule has 2 N–H and O–H groups in total. The van der Waals surface area contributed by atoms with E-state index in [1.54, 1.807) is 18.2 Å². The van der Waals surface area contributed by atoms with E-state index in [-0.39, 0.29) is 11.3 Å². The van der Waals surface area contributed by atoms with Gasteiger partial charge in [-0.25, -0.2) is 4.79 Å². The van der Waals surface area contributed by atoms with E-state index >= 15 is 0 Å². The van der Waals surface area contributed by atoms with Gasteiger partial charge in [0.2, 0.25) is 0 Å². The highest BCUT2D eigenvalue weighted by Crippen LogP contribution is 2.23. The van der Waals surface area contributed by atoms with Crippen molar-refractivity contribution in [3.05, 3.63) is 65.2 Å². The Hall–Kier alpha value is -2.55. The average Bonchev–Trinajstić information content (AvgIpc) is 2.45. The van der Waals surface area contributed by atoms with Crippen LogP contribution >= 0.6 is 0 Å². The third-order valence-corrected chi connectivity index (χ3v) is 3.30. The summed E-state index contributed by atoms with van der Waals surface area (Å²) in [6.07, 6.45) is 1.61. The Morgan fingerprint density at radius 1 is 1.10 bits per heavy atom. The maximum absolute atomic E-state index is 11.4. The first-order valence-electron chi connectivity index (χ1n) is 6.81. The summed E-state index contributed by atoms with van der Waals surface area (Å²) in [7, 11) is 0. The summed E-state index contributed by atoms with van der Waals surface area (Å²) >= 11 is 0. The lowest BCUT2D eigenvalue weighted by Gasteiger charge is -2.07. The Balaban J connectivity index is 2.40. The molecule has 2 aromatic carbocycles. The van der Waals surface area contributed by atoms with Crippen LogP contribution in [0.2, 0.25) is 0 Å². The van der Waals surface area contributed by atoms with Gasteiger partial charge >= 0.3 is 5.97 Å². The summed E-state index contributed by atoms with van der Waals surface area (Å²) in [5, 5.41) is 18.9. The largest absolute Gasteiger partial charge is 0.508 e. The zero-order chi connectivity index (χ0) is 15.4. The summed E-state index contributed by atoms with van der Waals surface area (Å²) < 4.78 is 0. The number of benzene rings is 2. The van der Waals surface area contributed by atoms with Crippen LogP contribution < -0.4 is 0 Å². The number of phenolic OH excluding ortho intramolecular Hbond substituents is 1. The van der Waals surface area contributed by atoms with E-state index in [1.807, 2.05) is 24.3 Å². The first-order chi connectivity index (χ1) is 9.97. The van der Waals surface area contributed by atoms with Crippen LogP contribution in [0, 0.1) is 0 Å². The van der Waals surface area contributed by atoms with Crippen LogP contribution in [0.1, 0.15) is 36.5 Å². The van der Waals surface area contributed by atoms with Crippen LogP contribution in [0.25, 0.3) is 11.6 Å². The molecule has 0 amide bonds. The minimum Gasteiger partial charge on any atom is -0.508 e. The SMILES string of the molecule is CC(C)c1ccc(/C=C(\C(=O)O)c2cccc(O)c2)cc1. The average molecular weight is 282 g/mol. The molecule has 0 spiro atoms. The van der Waals surface area contributed by atoms with Crippen LogP contribution in [0.4, 0.5) is 0 Å². The lowest BCUT2D eigenvalue weighted by molar-refractivity contribution is -0.130. The first kappa shape index (κ1) is 14.9. The van der Waals surface area contributed by atoms with Crippen molar-refractivity contribution in [3.8, 4) is 5.75 Å². The standard InChI is InChI=1S/C18H18O3/c1-12(2)14-8-6-13(7-9-14)10-17(18(20)21)15-4-3-5-16(19)11-15/h3-12,19H,1-2H3,(H,20,21)/b17-10-. The molecule has 21 heavy (non-hydrogen) atoms. The number of carboxylic acids is 1. The first-order valence-corrected chi connectivity index (χ1v) is 6.81. The molecule has 0 unspecified atom stereocenters. The highest BCUT2D eigenvalue weighted by atomic mass is 16.4. The van der Waals surface area contributed by atoms with Gasteiger partial charge in [-0.15, -0.1) is 0 Å². The molecule has 0 radical (unpaired) electrons. The molecule has 0 aliphatic rings. The molecule has 0 aliphatic carbocycles. The topological polar surface area (TPSA) is 57.5 Å². The van der Waals surface area contributed by atoms with Crippen LogP contribution in [0.15, 0.2) is 48.5 Å². The van der Waals surface area contributed by atoms with Crippen molar-refractivity contribution in [1.29, 1.82) is 0 Å². The lowest BCUT2D eigenvalue weighted by atomic mass is 9.99. The van der Waals surface area contributed by atoms with Crippen LogP contribution in [-0.2, 0) is 4.79 Å². The molecule has 2 aromatic rings. The van der Waals surface area contributed by atoms with Gasteiger partial charge in [0.15, 0.2) is 0 Å². The van der Waals surface area contributed by atoms with E-state index in [1.165, 1.54) is 17.7 Å². The van der Waals surface area contributed by atoms with Gasteiger partial charge in [-0.3, -0.25) is 0 Å². The van der Waals surface area contributed by atoms with Gasteiger partial charge in [0, 0.05) is 0 Å². The highest BCUT2D eigenvalue weighted by molar-refractivity contribution is 6.20. The quantitative estimate of drug-likeness (QED) is 0.654. The Bertz CT molecular complexity index is 667. The van der Waals surface area contributed by atoms with Crippen molar-refractivity contribution in [1.82, 2.24) is 0 Å². The van der Waals surface area contributed by atoms with Crippen molar-refractivity contribution < 1.29 is 15.0 Å². The fourth-order valence-electron chi connectivity index (χ4n) is 2.09. The third-order valence-electron chi connectivity index (χ3n) is 3.30. The zero-order valence-corrected chi connectivity index (χ0v) is 12.1. The van der Waals surface area contributed by atoms with Crippen LogP contribution in [0.3, 0.4) is 0 Å². The number of rotatable bonds is 4. The normalized spacial score (nSPS) is 11.7. The second-order valence-corrected chi connectivity index (χ2v) is 5.23. The van der Waals surface area contributed by atoms with Crippen LogP contribution in [0.5, 0.6) is 5.75 Å². The van der Waals surface area contributed by atoms with E-state index < -0.39 is 5.97 Å². The summed E-state index contributed by atoms with van der Waals surface area (Å²) in [6, 6.07) is 14.1. The van der Waals surface area contributed by atoms with Gasteiger partial charge in [-0.05, 0) is 40.8 Å². The maximum Gasteiger partial charge on any atom is 0.336 e. The predicted octanol–water partition coefficient (Wildman–Crippen LogP) is 4.14. The molecule has 0 bridgehead atoms. The van der Waals surface area contributed by atoms with Crippen molar-refractivity contribution in [2.24, 2.45) is 0 Å². The van der Waals surface area contributed by atoms with Gasteiger partial charge in [0.1, 0.15) is 5.75 Å². The highest BCUT2D eigenvalue weighted by Gasteiger charge is 2.11. The Kier molecular flexibility index (Phi) is 4.43. The predicted molar refractivity (Wildman–Crippen MR) is 84.1 cm³/mol. The lowest BCUT2D eigenvalue weighted by Crippen LogP contribution is -1.99. The number of aromatic hydroxyl groups is 1. The van der Waals surface area contributed by atoms with E-state index in [4.69, 9.17) is 0 Å². The van der Waals surface area contributed by atoms with Gasteiger partial charge in [0.05, 0.1) is 5.57 Å². The number of carboxylic acid groups (broad SMARTS) is 1. The van der Waals surface area contributed by atoms with Crippen molar-refractivity contribution in [2.45, 2.75) is 19.8 Å². The number of hydrogen-bond acceptors (Lipinski definition) is 2. The molecule has 108 valence electrons. The fourth-order valence-corrected chi connectivity index (χ4v) is 2.09. The molecule has 0 aromatic heterocycles. The number of hydrogen-bond donors (Lipinski definition) is 2. The molecular formula is C18H18O3. The third kappa shape index (κ3) is 3.72. The van der Waals surface area contributed by atoms with Gasteiger partial charge in [-0.2, -0.15) is 0 Å². The summed E-state index contributed by atoms with van der Waals surface area (Å²) in [6.45, 7) is 4.22. The van der Waals surface area contributed by atoms with Crippen molar-refractivity contribution in [2.75, 3.05) is 0 Å². The summed E-state index contributed by atoms with van der Waals surface area (Å²) in [4.78, 5) is 11.4. The molecule has 2 rings (SSSR count). The molecule has 0 saturated carbocycles. The Morgan fingerprint density at radius 2 is 1.76 bits per heavy atom. The number of phenols is 1. The Labute approximate surface area is 124 Å². The second-order valence-electron chi connectivity index (χ2n) is 5.23. The minimum atomic E-state index is -1.02. The van der Waals surface area contributed by atoms with E-state index in [0.29, 0.717) is 11.5 Å². The van der Waals surface area contributed by atoms with Gasteiger partial charge in [-0.1, -0.05) is 50.2 Å². The minimum absolute atomic E-state index is 0.0507. The van der Waals surface area contributed by atoms with Crippen molar-refractivity contribution in [3.63, 3.8) is 0 Å². The molecule has 0 fully saturated rings. The van der Waals surface area contributed by atoms with Gasteiger partial charge in [0.25, 0.3) is 0 Å². The zero-order valence-electron chi connectivity index (χ0n) is 12.1. The van der Waals surface area contributed by atoms with E-state index in [2.05, 4.69) is 13.8 Å². The number of carbonyl (C=O) groups is 1. The summed E-state index contributed by atoms with van der Waals surface area (Å²) in [5.74, 6) is -0.531. The molecule has 0 atom stereocenters. The second kappa shape index (κ2) is 6.27. The molecule has 3 heteroatoms. The molecular weight excluding hydrogens is 264 g/mol. The van der Waals surface area contributed by atoms with Gasteiger partial charge < -0.3 is 10.2 Å². The maximum atomic E-state index is 11.4. The monoisotopic (exact) mass is 282 g/mol. The molecule has 3 nitrogen and oxygen atoms in total. The molecule has 0 aliphatic heterocycles. The van der Waals surface area contributed by atoms with Crippen molar-refractivity contribution >= 4 is 17.6 Å². The number of aliphatic carboxylic acids is 1. The fraction of sp³-hybridized carbons (Fsp3) is 0.167. The smallest absolute Gasteiger partial charge is 0.336 e. The van der Waals surface area contributed by atoms with E-state index in [0.717, 1.165) is 5.56 Å².